The number of fused-ring (bicyclic) bond motifs is 3. The molecule has 0 heterocycles. The Bertz CT molecular complexity index is 776. The van der Waals surface area contributed by atoms with Crippen LogP contribution in [-0.4, -0.2) is 52.9 Å². The highest BCUT2D eigenvalue weighted by atomic mass is 127. The van der Waals surface area contributed by atoms with Gasteiger partial charge >= 0.3 is 0 Å². The van der Waals surface area contributed by atoms with Gasteiger partial charge in [0.15, 0.2) is 0 Å². The van der Waals surface area contributed by atoms with E-state index >= 15 is 0 Å². The van der Waals surface area contributed by atoms with Crippen molar-refractivity contribution in [2.75, 3.05) is 52.9 Å². The number of rotatable bonds is 14. The van der Waals surface area contributed by atoms with Crippen LogP contribution in [0.3, 0.4) is 0 Å². The second-order valence-electron chi connectivity index (χ2n) is 7.44. The monoisotopic (exact) mass is 524 g/mol. The van der Waals surface area contributed by atoms with Gasteiger partial charge in [0.1, 0.15) is 0 Å². The topological polar surface area (TPSA) is 36.9 Å². The maximum Gasteiger partial charge on any atom is 0.0700 e. The Morgan fingerprint density at radius 2 is 1.23 bits per heavy atom. The summed E-state index contributed by atoms with van der Waals surface area (Å²) in [4.78, 5) is 0. The van der Waals surface area contributed by atoms with E-state index in [0.29, 0.717) is 39.6 Å². The quantitative estimate of drug-likeness (QED) is 0.244. The average molecular weight is 524 g/mol. The number of benzene rings is 2. The molecule has 0 aromatic heterocycles. The van der Waals surface area contributed by atoms with Crippen molar-refractivity contribution in [2.45, 2.75) is 32.1 Å². The van der Waals surface area contributed by atoms with E-state index in [0.717, 1.165) is 26.1 Å². The van der Waals surface area contributed by atoms with Crippen LogP contribution in [-0.2, 0) is 24.4 Å². The van der Waals surface area contributed by atoms with Gasteiger partial charge in [0.05, 0.1) is 26.4 Å². The first kappa shape index (κ1) is 23.7. The second kappa shape index (κ2) is 12.2. The fourth-order valence-corrected chi connectivity index (χ4v) is 4.80. The highest BCUT2D eigenvalue weighted by Crippen LogP contribution is 2.53. The summed E-state index contributed by atoms with van der Waals surface area (Å²) in [7, 11) is 0. The van der Waals surface area contributed by atoms with E-state index in [1.165, 1.54) is 25.8 Å². The van der Waals surface area contributed by atoms with Crippen molar-refractivity contribution in [3.05, 3.63) is 57.2 Å². The van der Waals surface area contributed by atoms with Crippen molar-refractivity contribution in [2.24, 2.45) is 0 Å². The van der Waals surface area contributed by atoms with Gasteiger partial charge in [-0.15, -0.1) is 0 Å². The van der Waals surface area contributed by atoms with Crippen LogP contribution in [0.25, 0.3) is 11.1 Å². The predicted molar refractivity (Wildman–Crippen MR) is 129 cm³/mol. The van der Waals surface area contributed by atoms with Crippen LogP contribution >= 0.6 is 22.6 Å². The number of halogens is 1. The SMILES string of the molecule is CCOCCOCCC1(CCOCCOCC)c2ccccc2-c2ccc(I)cc21. The lowest BCUT2D eigenvalue weighted by Crippen LogP contribution is -2.29. The Morgan fingerprint density at radius 1 is 0.667 bits per heavy atom. The molecule has 0 unspecified atom stereocenters. The molecule has 0 fully saturated rings. The normalized spacial score (nSPS) is 14.0. The molecule has 0 amide bonds. The standard InChI is InChI=1S/C25H33IO4/c1-3-27-15-17-29-13-11-25(12-14-30-18-16-28-4-2)23-8-6-5-7-21(23)22-10-9-20(26)19-24(22)25/h5-10,19H,3-4,11-18H2,1-2H3. The molecule has 1 aliphatic rings. The molecule has 164 valence electrons. The van der Waals surface area contributed by atoms with Crippen LogP contribution < -0.4 is 0 Å². The van der Waals surface area contributed by atoms with Gasteiger partial charge in [0.2, 0.25) is 0 Å². The number of hydrogen-bond donors (Lipinski definition) is 0. The molecular formula is C25H33IO4. The third-order valence-electron chi connectivity index (χ3n) is 5.73. The van der Waals surface area contributed by atoms with Crippen LogP contribution in [0.2, 0.25) is 0 Å². The molecule has 2 aromatic rings. The lowest BCUT2D eigenvalue weighted by molar-refractivity contribution is 0.0356. The van der Waals surface area contributed by atoms with Gasteiger partial charge in [-0.25, -0.2) is 0 Å². The van der Waals surface area contributed by atoms with Crippen LogP contribution in [0.4, 0.5) is 0 Å². The maximum absolute atomic E-state index is 5.95. The molecule has 0 saturated carbocycles. The zero-order chi connectivity index (χ0) is 21.2. The zero-order valence-corrected chi connectivity index (χ0v) is 20.3. The van der Waals surface area contributed by atoms with Gasteiger partial charge in [-0.3, -0.25) is 0 Å². The minimum absolute atomic E-state index is 0.0929. The van der Waals surface area contributed by atoms with Crippen LogP contribution in [0.15, 0.2) is 42.5 Å². The first-order valence-electron chi connectivity index (χ1n) is 10.9. The molecule has 0 saturated heterocycles. The Morgan fingerprint density at radius 3 is 1.87 bits per heavy atom. The molecule has 0 aliphatic heterocycles. The van der Waals surface area contributed by atoms with Crippen molar-refractivity contribution >= 4 is 22.6 Å². The number of ether oxygens (including phenoxy) is 4. The van der Waals surface area contributed by atoms with Gasteiger partial charge in [0, 0.05) is 35.4 Å². The highest BCUT2D eigenvalue weighted by Gasteiger charge is 2.42. The minimum Gasteiger partial charge on any atom is -0.379 e. The number of hydrogen-bond acceptors (Lipinski definition) is 4. The first-order valence-corrected chi connectivity index (χ1v) is 12.0. The lowest BCUT2D eigenvalue weighted by atomic mass is 9.73. The van der Waals surface area contributed by atoms with Gasteiger partial charge < -0.3 is 18.9 Å². The van der Waals surface area contributed by atoms with Crippen LogP contribution in [0, 0.1) is 3.57 Å². The summed E-state index contributed by atoms with van der Waals surface area (Å²) in [5.74, 6) is 0. The largest absolute Gasteiger partial charge is 0.379 e. The van der Waals surface area contributed by atoms with Crippen molar-refractivity contribution < 1.29 is 18.9 Å². The molecular weight excluding hydrogens is 491 g/mol. The molecule has 0 bridgehead atoms. The summed E-state index contributed by atoms with van der Waals surface area (Å²) in [6, 6.07) is 15.6. The molecule has 5 heteroatoms. The summed E-state index contributed by atoms with van der Waals surface area (Å²) < 4.78 is 24.0. The lowest BCUT2D eigenvalue weighted by Gasteiger charge is -2.32. The molecule has 0 radical (unpaired) electrons. The van der Waals surface area contributed by atoms with E-state index in [-0.39, 0.29) is 5.41 Å². The van der Waals surface area contributed by atoms with E-state index in [1.54, 1.807) is 0 Å². The predicted octanol–water partition coefficient (Wildman–Crippen LogP) is 5.44. The molecule has 0 atom stereocenters. The summed E-state index contributed by atoms with van der Waals surface area (Å²) in [6.07, 6.45) is 1.86. The molecule has 30 heavy (non-hydrogen) atoms. The molecule has 3 rings (SSSR count). The molecule has 0 spiro atoms. The van der Waals surface area contributed by atoms with Crippen molar-refractivity contribution in [3.8, 4) is 11.1 Å². The zero-order valence-electron chi connectivity index (χ0n) is 18.1. The fourth-order valence-electron chi connectivity index (χ4n) is 4.31. The molecule has 2 aromatic carbocycles. The molecule has 1 aliphatic carbocycles. The summed E-state index contributed by atoms with van der Waals surface area (Å²) in [6.45, 7) is 9.44. The van der Waals surface area contributed by atoms with Gasteiger partial charge in [-0.2, -0.15) is 0 Å². The third-order valence-corrected chi connectivity index (χ3v) is 6.40. The van der Waals surface area contributed by atoms with Crippen LogP contribution in [0.5, 0.6) is 0 Å². The second-order valence-corrected chi connectivity index (χ2v) is 8.68. The highest BCUT2D eigenvalue weighted by molar-refractivity contribution is 14.1. The fraction of sp³-hybridized carbons (Fsp3) is 0.520. The third kappa shape index (κ3) is 5.62. The summed E-state index contributed by atoms with van der Waals surface area (Å²) in [5.41, 5.74) is 5.38. The van der Waals surface area contributed by atoms with E-state index in [4.69, 9.17) is 18.9 Å². The van der Waals surface area contributed by atoms with E-state index < -0.39 is 0 Å². The van der Waals surface area contributed by atoms with E-state index in [1.807, 2.05) is 13.8 Å². The van der Waals surface area contributed by atoms with E-state index in [2.05, 4.69) is 65.1 Å². The van der Waals surface area contributed by atoms with Gasteiger partial charge in [-0.05, 0) is 83.7 Å². The summed E-state index contributed by atoms with van der Waals surface area (Å²) in [5, 5.41) is 0. The summed E-state index contributed by atoms with van der Waals surface area (Å²) >= 11 is 2.41. The Balaban J connectivity index is 1.80. The first-order chi connectivity index (χ1) is 14.7. The van der Waals surface area contributed by atoms with Crippen LogP contribution in [0.1, 0.15) is 37.8 Å². The average Bonchev–Trinajstić information content (AvgIpc) is 3.03. The Labute approximate surface area is 194 Å². The van der Waals surface area contributed by atoms with Crippen molar-refractivity contribution in [1.82, 2.24) is 0 Å². The Kier molecular flexibility index (Phi) is 9.59. The Hall–Kier alpha value is -0.990. The smallest absolute Gasteiger partial charge is 0.0700 e. The minimum atomic E-state index is -0.0929. The van der Waals surface area contributed by atoms with Crippen molar-refractivity contribution in [3.63, 3.8) is 0 Å². The van der Waals surface area contributed by atoms with Crippen molar-refractivity contribution in [1.29, 1.82) is 0 Å². The van der Waals surface area contributed by atoms with Gasteiger partial charge in [-0.1, -0.05) is 30.3 Å². The maximum atomic E-state index is 5.95. The molecule has 4 nitrogen and oxygen atoms in total. The van der Waals surface area contributed by atoms with Gasteiger partial charge in [0.25, 0.3) is 0 Å². The van der Waals surface area contributed by atoms with E-state index in [9.17, 15) is 0 Å². The molecule has 0 N–H and O–H groups in total.